The lowest BCUT2D eigenvalue weighted by molar-refractivity contribution is 0.311. The van der Waals surface area contributed by atoms with Crippen molar-refractivity contribution in [2.45, 2.75) is 13.8 Å². The maximum atomic E-state index is 4.82. The van der Waals surface area contributed by atoms with Crippen molar-refractivity contribution in [3.63, 3.8) is 0 Å². The molecule has 1 aliphatic rings. The van der Waals surface area contributed by atoms with Gasteiger partial charge in [-0.05, 0) is 44.7 Å². The van der Waals surface area contributed by atoms with Crippen molar-refractivity contribution >= 4 is 17.5 Å². The highest BCUT2D eigenvalue weighted by Gasteiger charge is 2.18. The summed E-state index contributed by atoms with van der Waals surface area (Å²) in [5.41, 5.74) is 2.44. The molecule has 1 aliphatic heterocycles. The number of aryl methyl sites for hydroxylation is 1. The molecule has 2 aromatic rings. The van der Waals surface area contributed by atoms with E-state index in [1.54, 1.807) is 0 Å². The molecule has 3 rings (SSSR count). The van der Waals surface area contributed by atoms with Crippen molar-refractivity contribution in [2.24, 2.45) is 0 Å². The van der Waals surface area contributed by atoms with Crippen LogP contribution in [0.3, 0.4) is 0 Å². The molecule has 0 aliphatic carbocycles. The van der Waals surface area contributed by atoms with Crippen LogP contribution in [0.5, 0.6) is 0 Å². The second-order valence-electron chi connectivity index (χ2n) is 6.09. The second-order valence-corrected chi connectivity index (χ2v) is 6.09. The Morgan fingerprint density at radius 3 is 2.61 bits per heavy atom. The summed E-state index contributed by atoms with van der Waals surface area (Å²) in [4.78, 5) is 16.1. The third-order valence-corrected chi connectivity index (χ3v) is 4.32. The third-order valence-electron chi connectivity index (χ3n) is 4.32. The van der Waals surface area contributed by atoms with E-state index < -0.39 is 0 Å². The van der Waals surface area contributed by atoms with Crippen LogP contribution >= 0.6 is 0 Å². The van der Waals surface area contributed by atoms with Gasteiger partial charge in [0.2, 0.25) is 5.95 Å². The molecule has 2 heterocycles. The molecular formula is C18H25N5. The molecule has 5 heteroatoms. The van der Waals surface area contributed by atoms with Crippen molar-refractivity contribution in [3.05, 3.63) is 42.1 Å². The molecule has 1 fully saturated rings. The van der Waals surface area contributed by atoms with Crippen LogP contribution < -0.4 is 9.80 Å². The Balaban J connectivity index is 1.85. The minimum atomic E-state index is 0.835. The van der Waals surface area contributed by atoms with E-state index >= 15 is 0 Å². The minimum absolute atomic E-state index is 0.835. The average Bonchev–Trinajstić information content (AvgIpc) is 2.57. The van der Waals surface area contributed by atoms with E-state index in [-0.39, 0.29) is 0 Å². The Morgan fingerprint density at radius 2 is 1.91 bits per heavy atom. The van der Waals surface area contributed by atoms with Gasteiger partial charge in [-0.25, -0.2) is 4.98 Å². The zero-order valence-electron chi connectivity index (χ0n) is 14.2. The molecule has 0 N–H and O–H groups in total. The standard InChI is InChI=1S/C18H25N5/c1-4-23(16-7-5-6-15(2)14-16)17-8-9-19-18(20-17)22-12-10-21(3)11-13-22/h5-9,14H,4,10-13H2,1-3H3. The predicted molar refractivity (Wildman–Crippen MR) is 95.6 cm³/mol. The zero-order valence-corrected chi connectivity index (χ0v) is 14.2. The summed E-state index contributed by atoms with van der Waals surface area (Å²) in [5, 5.41) is 0. The first-order valence-corrected chi connectivity index (χ1v) is 8.28. The maximum absolute atomic E-state index is 4.82. The first kappa shape index (κ1) is 15.7. The second kappa shape index (κ2) is 6.96. The van der Waals surface area contributed by atoms with Crippen LogP contribution in [0.2, 0.25) is 0 Å². The van der Waals surface area contributed by atoms with Gasteiger partial charge in [-0.2, -0.15) is 4.98 Å². The van der Waals surface area contributed by atoms with Crippen LogP contribution in [0.15, 0.2) is 36.5 Å². The van der Waals surface area contributed by atoms with E-state index in [4.69, 9.17) is 4.98 Å². The van der Waals surface area contributed by atoms with Crippen LogP contribution in [0.1, 0.15) is 12.5 Å². The molecule has 0 saturated carbocycles. The van der Waals surface area contributed by atoms with E-state index in [9.17, 15) is 0 Å². The topological polar surface area (TPSA) is 35.5 Å². The molecule has 0 spiro atoms. The molecule has 1 aromatic carbocycles. The van der Waals surface area contributed by atoms with Gasteiger partial charge in [0, 0.05) is 44.6 Å². The number of hydrogen-bond donors (Lipinski definition) is 0. The number of anilines is 3. The maximum Gasteiger partial charge on any atom is 0.227 e. The Bertz CT molecular complexity index is 649. The fraction of sp³-hybridized carbons (Fsp3) is 0.444. The summed E-state index contributed by atoms with van der Waals surface area (Å²) < 4.78 is 0. The number of likely N-dealkylation sites (N-methyl/N-ethyl adjacent to an activating group) is 1. The highest BCUT2D eigenvalue weighted by molar-refractivity contribution is 5.61. The summed E-state index contributed by atoms with van der Waals surface area (Å²) in [6, 6.07) is 10.5. The first-order chi connectivity index (χ1) is 11.2. The van der Waals surface area contributed by atoms with Crippen LogP contribution in [-0.2, 0) is 0 Å². The fourth-order valence-electron chi connectivity index (χ4n) is 2.92. The van der Waals surface area contributed by atoms with Gasteiger partial charge in [0.15, 0.2) is 0 Å². The minimum Gasteiger partial charge on any atom is -0.338 e. The highest BCUT2D eigenvalue weighted by Crippen LogP contribution is 2.25. The summed E-state index contributed by atoms with van der Waals surface area (Å²) >= 11 is 0. The van der Waals surface area contributed by atoms with Gasteiger partial charge in [0.1, 0.15) is 5.82 Å². The molecule has 1 saturated heterocycles. The van der Waals surface area contributed by atoms with E-state index in [0.29, 0.717) is 0 Å². The van der Waals surface area contributed by atoms with Crippen LogP contribution in [-0.4, -0.2) is 54.6 Å². The van der Waals surface area contributed by atoms with Gasteiger partial charge < -0.3 is 14.7 Å². The normalized spacial score (nSPS) is 15.7. The number of hydrogen-bond acceptors (Lipinski definition) is 5. The lowest BCUT2D eigenvalue weighted by Gasteiger charge is -2.33. The predicted octanol–water partition coefficient (Wildman–Crippen LogP) is 2.69. The quantitative estimate of drug-likeness (QED) is 0.867. The third kappa shape index (κ3) is 3.62. The van der Waals surface area contributed by atoms with Gasteiger partial charge >= 0.3 is 0 Å². The van der Waals surface area contributed by atoms with E-state index in [0.717, 1.165) is 44.5 Å². The fourth-order valence-corrected chi connectivity index (χ4v) is 2.92. The van der Waals surface area contributed by atoms with Crippen LogP contribution in [0, 0.1) is 6.92 Å². The number of benzene rings is 1. The van der Waals surface area contributed by atoms with Crippen LogP contribution in [0.25, 0.3) is 0 Å². The van der Waals surface area contributed by atoms with Gasteiger partial charge in [-0.15, -0.1) is 0 Å². The van der Waals surface area contributed by atoms with Gasteiger partial charge in [0.25, 0.3) is 0 Å². The summed E-state index contributed by atoms with van der Waals surface area (Å²) in [6.07, 6.45) is 1.87. The van der Waals surface area contributed by atoms with E-state index in [2.05, 4.69) is 64.8 Å². The molecule has 0 atom stereocenters. The Labute approximate surface area is 138 Å². The SMILES string of the molecule is CCN(c1cccc(C)c1)c1ccnc(N2CCN(C)CC2)n1. The molecule has 122 valence electrons. The molecule has 0 bridgehead atoms. The number of aromatic nitrogens is 2. The van der Waals surface area contributed by atoms with Gasteiger partial charge in [-0.3, -0.25) is 0 Å². The first-order valence-electron chi connectivity index (χ1n) is 8.28. The smallest absolute Gasteiger partial charge is 0.227 e. The molecule has 0 amide bonds. The van der Waals surface area contributed by atoms with Crippen molar-refractivity contribution in [2.75, 3.05) is 49.6 Å². The number of nitrogens with zero attached hydrogens (tertiary/aromatic N) is 5. The molecule has 23 heavy (non-hydrogen) atoms. The van der Waals surface area contributed by atoms with Crippen LogP contribution in [0.4, 0.5) is 17.5 Å². The zero-order chi connectivity index (χ0) is 16.2. The van der Waals surface area contributed by atoms with Crippen molar-refractivity contribution < 1.29 is 0 Å². The molecular weight excluding hydrogens is 286 g/mol. The largest absolute Gasteiger partial charge is 0.338 e. The highest BCUT2D eigenvalue weighted by atomic mass is 15.3. The Morgan fingerprint density at radius 1 is 1.13 bits per heavy atom. The number of piperazine rings is 1. The summed E-state index contributed by atoms with van der Waals surface area (Å²) in [5.74, 6) is 1.80. The van der Waals surface area contributed by atoms with Gasteiger partial charge in [0.05, 0.1) is 0 Å². The summed E-state index contributed by atoms with van der Waals surface area (Å²) in [6.45, 7) is 9.23. The summed E-state index contributed by atoms with van der Waals surface area (Å²) in [7, 11) is 2.16. The molecule has 1 aromatic heterocycles. The van der Waals surface area contributed by atoms with E-state index in [1.165, 1.54) is 11.3 Å². The average molecular weight is 311 g/mol. The lowest BCUT2D eigenvalue weighted by atomic mass is 10.2. The lowest BCUT2D eigenvalue weighted by Crippen LogP contribution is -2.45. The molecule has 0 unspecified atom stereocenters. The molecule has 0 radical (unpaired) electrons. The Kier molecular flexibility index (Phi) is 4.76. The number of rotatable bonds is 4. The van der Waals surface area contributed by atoms with Crippen molar-refractivity contribution in [1.82, 2.24) is 14.9 Å². The van der Waals surface area contributed by atoms with E-state index in [1.807, 2.05) is 12.3 Å². The molecule has 5 nitrogen and oxygen atoms in total. The van der Waals surface area contributed by atoms with Gasteiger partial charge in [-0.1, -0.05) is 12.1 Å². The monoisotopic (exact) mass is 311 g/mol. The van der Waals surface area contributed by atoms with Crippen molar-refractivity contribution in [3.8, 4) is 0 Å². The Hall–Kier alpha value is -2.14. The van der Waals surface area contributed by atoms with Crippen molar-refractivity contribution in [1.29, 1.82) is 0 Å².